The number of para-hydroxylation sites is 2. The first kappa shape index (κ1) is 17.7. The Labute approximate surface area is 152 Å². The molecule has 134 valence electrons. The molecule has 0 bridgehead atoms. The maximum Gasteiger partial charge on any atom is 0.224 e. The Morgan fingerprint density at radius 1 is 1.04 bits per heavy atom. The van der Waals surface area contributed by atoms with Crippen LogP contribution in [0.2, 0.25) is 0 Å². The summed E-state index contributed by atoms with van der Waals surface area (Å²) in [6.45, 7) is 2.53. The van der Waals surface area contributed by atoms with Gasteiger partial charge in [0.2, 0.25) is 5.95 Å². The molecule has 0 aliphatic carbocycles. The molecule has 1 aromatic heterocycles. The number of aromatic nitrogens is 2. The number of halogens is 1. The number of rotatable bonds is 7. The molecule has 1 heterocycles. The lowest BCUT2D eigenvalue weighted by Gasteiger charge is -2.11. The van der Waals surface area contributed by atoms with Crippen molar-refractivity contribution in [2.24, 2.45) is 0 Å². The number of nitrogens with one attached hydrogen (secondary N) is 2. The third-order valence-electron chi connectivity index (χ3n) is 3.86. The molecular weight excluding hydrogens is 331 g/mol. The van der Waals surface area contributed by atoms with Gasteiger partial charge in [-0.25, -0.2) is 9.37 Å². The zero-order valence-electron chi connectivity index (χ0n) is 14.8. The molecular formula is C20H21FN4O. The van der Waals surface area contributed by atoms with Crippen LogP contribution in [0.15, 0.2) is 54.6 Å². The summed E-state index contributed by atoms with van der Waals surface area (Å²) in [6, 6.07) is 16.2. The lowest BCUT2D eigenvalue weighted by atomic mass is 10.1. The van der Waals surface area contributed by atoms with Gasteiger partial charge in [-0.05, 0) is 37.1 Å². The van der Waals surface area contributed by atoms with Gasteiger partial charge in [-0.1, -0.05) is 30.3 Å². The summed E-state index contributed by atoms with van der Waals surface area (Å²) in [5, 5.41) is 6.21. The Kier molecular flexibility index (Phi) is 5.63. The molecule has 3 rings (SSSR count). The van der Waals surface area contributed by atoms with E-state index >= 15 is 0 Å². The van der Waals surface area contributed by atoms with E-state index in [-0.39, 0.29) is 5.82 Å². The second-order valence-electron chi connectivity index (χ2n) is 5.81. The van der Waals surface area contributed by atoms with Crippen molar-refractivity contribution >= 4 is 17.5 Å². The molecule has 0 aliphatic heterocycles. The van der Waals surface area contributed by atoms with Gasteiger partial charge in [0.25, 0.3) is 0 Å². The number of benzene rings is 2. The first-order chi connectivity index (χ1) is 12.7. The van der Waals surface area contributed by atoms with Gasteiger partial charge >= 0.3 is 0 Å². The summed E-state index contributed by atoms with van der Waals surface area (Å²) in [6.07, 6.45) is 0.775. The third-order valence-corrected chi connectivity index (χ3v) is 3.86. The van der Waals surface area contributed by atoms with E-state index in [2.05, 4.69) is 20.6 Å². The maximum atomic E-state index is 13.8. The van der Waals surface area contributed by atoms with E-state index in [1.54, 1.807) is 31.4 Å². The SMILES string of the molecule is COc1ccccc1CCNc1nc(C)cc(Nc2ccccc2F)n1. The Bertz CT molecular complexity index is 885. The van der Waals surface area contributed by atoms with E-state index in [0.29, 0.717) is 24.0 Å². The second-order valence-corrected chi connectivity index (χ2v) is 5.81. The Morgan fingerprint density at radius 2 is 1.81 bits per heavy atom. The minimum absolute atomic E-state index is 0.325. The smallest absolute Gasteiger partial charge is 0.224 e. The molecule has 0 atom stereocenters. The molecule has 0 fully saturated rings. The van der Waals surface area contributed by atoms with Gasteiger partial charge in [0.05, 0.1) is 12.8 Å². The van der Waals surface area contributed by atoms with E-state index in [4.69, 9.17) is 4.74 Å². The number of ether oxygens (including phenoxy) is 1. The molecule has 0 spiro atoms. The van der Waals surface area contributed by atoms with Gasteiger partial charge in [-0.15, -0.1) is 0 Å². The fourth-order valence-corrected chi connectivity index (χ4v) is 2.63. The van der Waals surface area contributed by atoms with Gasteiger partial charge in [-0.3, -0.25) is 0 Å². The largest absolute Gasteiger partial charge is 0.496 e. The van der Waals surface area contributed by atoms with E-state index in [1.165, 1.54) is 6.07 Å². The molecule has 0 aliphatic rings. The van der Waals surface area contributed by atoms with Crippen LogP contribution in [0.4, 0.5) is 21.8 Å². The fraction of sp³-hybridized carbons (Fsp3) is 0.200. The van der Waals surface area contributed by atoms with Crippen LogP contribution in [0, 0.1) is 12.7 Å². The average Bonchev–Trinajstić information content (AvgIpc) is 2.64. The highest BCUT2D eigenvalue weighted by Crippen LogP contribution is 2.20. The van der Waals surface area contributed by atoms with Crippen molar-refractivity contribution < 1.29 is 9.13 Å². The van der Waals surface area contributed by atoms with Gasteiger partial charge < -0.3 is 15.4 Å². The molecule has 5 nitrogen and oxygen atoms in total. The van der Waals surface area contributed by atoms with E-state index < -0.39 is 0 Å². The summed E-state index contributed by atoms with van der Waals surface area (Å²) in [5.41, 5.74) is 2.28. The number of nitrogens with zero attached hydrogens (tertiary/aromatic N) is 2. The molecule has 26 heavy (non-hydrogen) atoms. The number of hydrogen-bond acceptors (Lipinski definition) is 5. The predicted octanol–water partition coefficient (Wildman–Crippen LogP) is 4.33. The summed E-state index contributed by atoms with van der Waals surface area (Å²) >= 11 is 0. The van der Waals surface area contributed by atoms with Crippen molar-refractivity contribution in [3.63, 3.8) is 0 Å². The maximum absolute atomic E-state index is 13.8. The molecule has 2 N–H and O–H groups in total. The molecule has 0 radical (unpaired) electrons. The first-order valence-electron chi connectivity index (χ1n) is 8.38. The van der Waals surface area contributed by atoms with Crippen LogP contribution in [0.1, 0.15) is 11.3 Å². The number of anilines is 3. The molecule has 0 saturated carbocycles. The quantitative estimate of drug-likeness (QED) is 0.663. The van der Waals surface area contributed by atoms with Gasteiger partial charge in [0.15, 0.2) is 0 Å². The summed E-state index contributed by atoms with van der Waals surface area (Å²) in [4.78, 5) is 8.80. The highest BCUT2D eigenvalue weighted by molar-refractivity contribution is 5.58. The summed E-state index contributed by atoms with van der Waals surface area (Å²) in [7, 11) is 1.66. The van der Waals surface area contributed by atoms with Crippen LogP contribution in [-0.2, 0) is 6.42 Å². The standard InChI is InChI=1S/C20H21FN4O/c1-14-13-19(24-17-9-5-4-8-16(17)21)25-20(23-14)22-12-11-15-7-3-6-10-18(15)26-2/h3-10,13H,11-12H2,1-2H3,(H2,22,23,24,25). The van der Waals surface area contributed by atoms with Crippen molar-refractivity contribution in [2.75, 3.05) is 24.3 Å². The average molecular weight is 352 g/mol. The van der Waals surface area contributed by atoms with Gasteiger partial charge in [-0.2, -0.15) is 4.98 Å². The number of hydrogen-bond donors (Lipinski definition) is 2. The van der Waals surface area contributed by atoms with Crippen molar-refractivity contribution in [3.05, 3.63) is 71.7 Å². The number of aryl methyl sites for hydroxylation is 1. The lowest BCUT2D eigenvalue weighted by molar-refractivity contribution is 0.410. The zero-order valence-corrected chi connectivity index (χ0v) is 14.8. The van der Waals surface area contributed by atoms with Crippen molar-refractivity contribution in [1.29, 1.82) is 0 Å². The number of methoxy groups -OCH3 is 1. The van der Waals surface area contributed by atoms with Crippen molar-refractivity contribution in [2.45, 2.75) is 13.3 Å². The van der Waals surface area contributed by atoms with Crippen LogP contribution in [-0.4, -0.2) is 23.6 Å². The van der Waals surface area contributed by atoms with Crippen LogP contribution >= 0.6 is 0 Å². The molecule has 2 aromatic carbocycles. The molecule has 6 heteroatoms. The lowest BCUT2D eigenvalue weighted by Crippen LogP contribution is -2.10. The molecule has 0 amide bonds. The van der Waals surface area contributed by atoms with Gasteiger partial charge in [0, 0.05) is 18.3 Å². The van der Waals surface area contributed by atoms with Crippen LogP contribution in [0.25, 0.3) is 0 Å². The van der Waals surface area contributed by atoms with E-state index in [1.807, 2.05) is 31.2 Å². The minimum atomic E-state index is -0.325. The minimum Gasteiger partial charge on any atom is -0.496 e. The fourth-order valence-electron chi connectivity index (χ4n) is 2.63. The predicted molar refractivity (Wildman–Crippen MR) is 102 cm³/mol. The molecule has 0 saturated heterocycles. The van der Waals surface area contributed by atoms with E-state index in [0.717, 1.165) is 23.4 Å². The second kappa shape index (κ2) is 8.29. The summed E-state index contributed by atoms with van der Waals surface area (Å²) < 4.78 is 19.2. The molecule has 3 aromatic rings. The van der Waals surface area contributed by atoms with Crippen LogP contribution < -0.4 is 15.4 Å². The Balaban J connectivity index is 1.67. The van der Waals surface area contributed by atoms with Crippen LogP contribution in [0.5, 0.6) is 5.75 Å². The van der Waals surface area contributed by atoms with Crippen LogP contribution in [0.3, 0.4) is 0 Å². The third kappa shape index (κ3) is 4.47. The highest BCUT2D eigenvalue weighted by Gasteiger charge is 2.06. The topological polar surface area (TPSA) is 59.1 Å². The Hall–Kier alpha value is -3.15. The van der Waals surface area contributed by atoms with Gasteiger partial charge in [0.1, 0.15) is 17.4 Å². The van der Waals surface area contributed by atoms with E-state index in [9.17, 15) is 4.39 Å². The summed E-state index contributed by atoms with van der Waals surface area (Å²) in [5.74, 6) is 1.58. The zero-order chi connectivity index (χ0) is 18.4. The Morgan fingerprint density at radius 3 is 2.62 bits per heavy atom. The first-order valence-corrected chi connectivity index (χ1v) is 8.38. The molecule has 0 unspecified atom stereocenters. The van der Waals surface area contributed by atoms with Crippen molar-refractivity contribution in [3.8, 4) is 5.75 Å². The monoisotopic (exact) mass is 352 g/mol. The highest BCUT2D eigenvalue weighted by atomic mass is 19.1. The normalized spacial score (nSPS) is 10.4. The van der Waals surface area contributed by atoms with Crippen molar-refractivity contribution in [1.82, 2.24) is 9.97 Å².